The van der Waals surface area contributed by atoms with Gasteiger partial charge in [0.2, 0.25) is 0 Å². The molecule has 8 aromatic carbocycles. The van der Waals surface area contributed by atoms with Crippen LogP contribution in [0.3, 0.4) is 0 Å². The minimum Gasteiger partial charge on any atom is -0.228 e. The first-order valence-electron chi connectivity index (χ1n) is 17.7. The monoisotopic (exact) mass is 650 g/mol. The van der Waals surface area contributed by atoms with E-state index in [2.05, 4.69) is 178 Å². The van der Waals surface area contributed by atoms with Crippen molar-refractivity contribution in [2.45, 2.75) is 19.3 Å². The fourth-order valence-electron chi connectivity index (χ4n) is 8.26. The molecule has 1 aliphatic rings. The van der Waals surface area contributed by atoms with Crippen molar-refractivity contribution >= 4 is 32.3 Å². The molecule has 0 atom stereocenters. The smallest absolute Gasteiger partial charge is 0.160 e. The lowest BCUT2D eigenvalue weighted by atomic mass is 9.82. The minimum absolute atomic E-state index is 0.0893. The third-order valence-corrected chi connectivity index (χ3v) is 10.9. The van der Waals surface area contributed by atoms with Gasteiger partial charge in [-0.2, -0.15) is 0 Å². The maximum atomic E-state index is 5.25. The Morgan fingerprint density at radius 2 is 1.00 bits per heavy atom. The molecule has 0 aliphatic heterocycles. The second kappa shape index (κ2) is 11.3. The quantitative estimate of drug-likeness (QED) is 0.140. The lowest BCUT2D eigenvalue weighted by molar-refractivity contribution is 0.660. The lowest BCUT2D eigenvalue weighted by Crippen LogP contribution is -2.14. The van der Waals surface area contributed by atoms with Gasteiger partial charge in [-0.3, -0.25) is 0 Å². The summed E-state index contributed by atoms with van der Waals surface area (Å²) in [6.45, 7) is 4.65. The lowest BCUT2D eigenvalue weighted by Gasteiger charge is -2.22. The third-order valence-electron chi connectivity index (χ3n) is 10.9. The Bertz CT molecular complexity index is 2810. The fraction of sp³-hybridized carbons (Fsp3) is 0.0612. The van der Waals surface area contributed by atoms with E-state index in [1.807, 2.05) is 6.07 Å². The van der Waals surface area contributed by atoms with Gasteiger partial charge in [0.1, 0.15) is 0 Å². The summed E-state index contributed by atoms with van der Waals surface area (Å²) in [7, 11) is 0. The van der Waals surface area contributed by atoms with Crippen LogP contribution in [0.15, 0.2) is 170 Å². The van der Waals surface area contributed by atoms with Crippen LogP contribution in [0, 0.1) is 0 Å². The van der Waals surface area contributed by atoms with E-state index < -0.39 is 0 Å². The van der Waals surface area contributed by atoms with Gasteiger partial charge in [-0.1, -0.05) is 166 Å². The van der Waals surface area contributed by atoms with Crippen molar-refractivity contribution in [1.82, 2.24) is 9.97 Å². The van der Waals surface area contributed by atoms with Crippen molar-refractivity contribution in [2.75, 3.05) is 0 Å². The number of fused-ring (bicyclic) bond motifs is 7. The largest absolute Gasteiger partial charge is 0.228 e. The van der Waals surface area contributed by atoms with Gasteiger partial charge in [0, 0.05) is 22.1 Å². The number of hydrogen-bond donors (Lipinski definition) is 0. The second-order valence-electron chi connectivity index (χ2n) is 14.2. The van der Waals surface area contributed by atoms with Crippen LogP contribution in [0.1, 0.15) is 25.0 Å². The molecule has 0 bridgehead atoms. The first-order chi connectivity index (χ1) is 25.0. The summed E-state index contributed by atoms with van der Waals surface area (Å²) in [5, 5.41) is 7.55. The Labute approximate surface area is 297 Å². The second-order valence-corrected chi connectivity index (χ2v) is 14.2. The highest BCUT2D eigenvalue weighted by atomic mass is 14.9. The molecule has 2 nitrogen and oxygen atoms in total. The highest BCUT2D eigenvalue weighted by Crippen LogP contribution is 2.49. The van der Waals surface area contributed by atoms with E-state index in [0.29, 0.717) is 0 Å². The van der Waals surface area contributed by atoms with Gasteiger partial charge in [0.25, 0.3) is 0 Å². The first kappa shape index (κ1) is 29.5. The Balaban J connectivity index is 1.12. The van der Waals surface area contributed by atoms with E-state index in [9.17, 15) is 0 Å². The number of benzene rings is 8. The molecule has 0 spiro atoms. The van der Waals surface area contributed by atoms with E-state index in [4.69, 9.17) is 9.97 Å². The minimum atomic E-state index is -0.0893. The topological polar surface area (TPSA) is 25.8 Å². The predicted molar refractivity (Wildman–Crippen MR) is 214 cm³/mol. The van der Waals surface area contributed by atoms with Crippen LogP contribution in [0.4, 0.5) is 0 Å². The number of aromatic nitrogens is 2. The number of nitrogens with zero attached hydrogens (tertiary/aromatic N) is 2. The maximum absolute atomic E-state index is 5.25. The van der Waals surface area contributed by atoms with Gasteiger partial charge in [-0.25, -0.2) is 9.97 Å². The van der Waals surface area contributed by atoms with Crippen LogP contribution in [0.5, 0.6) is 0 Å². The highest BCUT2D eigenvalue weighted by molar-refractivity contribution is 6.20. The Hall–Kier alpha value is -6.38. The molecule has 1 aliphatic carbocycles. The van der Waals surface area contributed by atoms with Gasteiger partial charge in [0.05, 0.1) is 11.4 Å². The summed E-state index contributed by atoms with van der Waals surface area (Å²) < 4.78 is 0. The Morgan fingerprint density at radius 1 is 0.373 bits per heavy atom. The third kappa shape index (κ3) is 4.71. The van der Waals surface area contributed by atoms with Crippen LogP contribution in [0.25, 0.3) is 88.5 Å². The predicted octanol–water partition coefficient (Wildman–Crippen LogP) is 12.9. The molecular formula is C49H34N2. The summed E-state index contributed by atoms with van der Waals surface area (Å²) in [5.74, 6) is 0.717. The average molecular weight is 651 g/mol. The zero-order valence-electron chi connectivity index (χ0n) is 28.6. The molecule has 240 valence electrons. The zero-order valence-corrected chi connectivity index (χ0v) is 28.6. The summed E-state index contributed by atoms with van der Waals surface area (Å²) in [6.07, 6.45) is 0. The maximum Gasteiger partial charge on any atom is 0.160 e. The zero-order chi connectivity index (χ0) is 34.1. The van der Waals surface area contributed by atoms with Crippen LogP contribution < -0.4 is 0 Å². The van der Waals surface area contributed by atoms with Crippen molar-refractivity contribution in [2.24, 2.45) is 0 Å². The molecular weight excluding hydrogens is 617 g/mol. The van der Waals surface area contributed by atoms with E-state index in [0.717, 1.165) is 33.9 Å². The van der Waals surface area contributed by atoms with Gasteiger partial charge in [-0.15, -0.1) is 0 Å². The number of hydrogen-bond acceptors (Lipinski definition) is 2. The Morgan fingerprint density at radius 3 is 1.82 bits per heavy atom. The SMILES string of the molecule is CC1(C)c2ccccc2-c2ccc(-c3cc(-c4ccccc4)nc(-c4ccc(-c5c6ccccc6cc6c5ccc5ccccc56)cc4)n3)cc21. The summed E-state index contributed by atoms with van der Waals surface area (Å²) in [5.41, 5.74) is 12.7. The molecule has 10 rings (SSSR count). The van der Waals surface area contributed by atoms with Crippen molar-refractivity contribution < 1.29 is 0 Å². The molecule has 0 saturated heterocycles. The van der Waals surface area contributed by atoms with Gasteiger partial charge in [-0.05, 0) is 83.9 Å². The fourth-order valence-corrected chi connectivity index (χ4v) is 8.26. The van der Waals surface area contributed by atoms with E-state index >= 15 is 0 Å². The molecule has 9 aromatic rings. The molecule has 0 amide bonds. The van der Waals surface area contributed by atoms with Crippen molar-refractivity contribution in [3.63, 3.8) is 0 Å². The molecule has 0 saturated carbocycles. The van der Waals surface area contributed by atoms with Crippen LogP contribution in [-0.4, -0.2) is 9.97 Å². The molecule has 2 heteroatoms. The standard InChI is InChI=1S/C49H34N2/c1-49(2)43-19-11-10-18-39(43)40-26-25-36(29-44(40)49)46-30-45(32-13-4-3-5-14-32)50-48(51-46)34-22-20-33(21-23-34)47-38-17-9-7-15-35(38)28-42-37-16-8-6-12-31(37)24-27-41(42)47/h3-30H,1-2H3. The van der Waals surface area contributed by atoms with Crippen LogP contribution in [-0.2, 0) is 5.41 Å². The molecule has 0 N–H and O–H groups in total. The van der Waals surface area contributed by atoms with Crippen LogP contribution >= 0.6 is 0 Å². The molecule has 51 heavy (non-hydrogen) atoms. The molecule has 0 radical (unpaired) electrons. The highest BCUT2D eigenvalue weighted by Gasteiger charge is 2.35. The summed E-state index contributed by atoms with van der Waals surface area (Å²) in [6, 6.07) is 61.3. The van der Waals surface area contributed by atoms with Crippen molar-refractivity contribution in [3.8, 4) is 56.2 Å². The first-order valence-corrected chi connectivity index (χ1v) is 17.7. The summed E-state index contributed by atoms with van der Waals surface area (Å²) in [4.78, 5) is 10.4. The van der Waals surface area contributed by atoms with Gasteiger partial charge >= 0.3 is 0 Å². The molecule has 1 aromatic heterocycles. The van der Waals surface area contributed by atoms with Gasteiger partial charge in [0.15, 0.2) is 5.82 Å². The van der Waals surface area contributed by atoms with E-state index in [-0.39, 0.29) is 5.41 Å². The van der Waals surface area contributed by atoms with Crippen LogP contribution in [0.2, 0.25) is 0 Å². The van der Waals surface area contributed by atoms with E-state index in [1.165, 1.54) is 65.7 Å². The normalized spacial score (nSPS) is 13.1. The molecule has 0 unspecified atom stereocenters. The average Bonchev–Trinajstić information content (AvgIpc) is 3.42. The molecule has 1 heterocycles. The van der Waals surface area contributed by atoms with Crippen molar-refractivity contribution in [3.05, 3.63) is 181 Å². The van der Waals surface area contributed by atoms with Gasteiger partial charge < -0.3 is 0 Å². The molecule has 0 fully saturated rings. The number of rotatable bonds is 4. The Kier molecular flexibility index (Phi) is 6.56. The van der Waals surface area contributed by atoms with E-state index in [1.54, 1.807) is 0 Å². The van der Waals surface area contributed by atoms with Crippen molar-refractivity contribution in [1.29, 1.82) is 0 Å². The summed E-state index contributed by atoms with van der Waals surface area (Å²) >= 11 is 0.